The molecular formula is C13H14BrClN4. The Morgan fingerprint density at radius 1 is 1.47 bits per heavy atom. The molecule has 4 nitrogen and oxygen atoms in total. The molecule has 3 N–H and O–H groups in total. The maximum atomic E-state index is 7.38. The summed E-state index contributed by atoms with van der Waals surface area (Å²) in [4.78, 5) is 0. The Labute approximate surface area is 125 Å². The number of nitrogens with one attached hydrogen (secondary N) is 1. The lowest BCUT2D eigenvalue weighted by molar-refractivity contribution is 0.659. The first kappa shape index (κ1) is 14.1. The molecule has 0 aliphatic rings. The van der Waals surface area contributed by atoms with Crippen LogP contribution in [-0.4, -0.2) is 15.6 Å². The third-order valence-electron chi connectivity index (χ3n) is 2.98. The van der Waals surface area contributed by atoms with Crippen molar-refractivity contribution in [1.82, 2.24) is 9.78 Å². The molecule has 0 amide bonds. The summed E-state index contributed by atoms with van der Waals surface area (Å²) in [6, 6.07) is 5.38. The SMILES string of the molecule is Cc1nn(Cc2ccc(C(=N)N)cc2Cl)c(C)c1Br. The van der Waals surface area contributed by atoms with Crippen LogP contribution in [0.25, 0.3) is 0 Å². The normalized spacial score (nSPS) is 10.7. The van der Waals surface area contributed by atoms with Crippen LogP contribution < -0.4 is 5.73 Å². The van der Waals surface area contributed by atoms with Gasteiger partial charge in [-0.15, -0.1) is 0 Å². The highest BCUT2D eigenvalue weighted by molar-refractivity contribution is 9.10. The fourth-order valence-corrected chi connectivity index (χ4v) is 2.36. The average molecular weight is 342 g/mol. The van der Waals surface area contributed by atoms with Crippen LogP contribution in [0.1, 0.15) is 22.5 Å². The summed E-state index contributed by atoms with van der Waals surface area (Å²) in [5, 5.41) is 12.4. The predicted octanol–water partition coefficient (Wildman–Crippen LogP) is 3.25. The molecule has 0 aliphatic heterocycles. The maximum absolute atomic E-state index is 7.38. The number of nitrogens with two attached hydrogens (primary N) is 1. The van der Waals surface area contributed by atoms with Gasteiger partial charge >= 0.3 is 0 Å². The van der Waals surface area contributed by atoms with Crippen LogP contribution in [0, 0.1) is 19.3 Å². The minimum atomic E-state index is 0.0160. The molecule has 0 atom stereocenters. The summed E-state index contributed by atoms with van der Waals surface area (Å²) < 4.78 is 2.91. The predicted molar refractivity (Wildman–Crippen MR) is 81.0 cm³/mol. The van der Waals surface area contributed by atoms with Gasteiger partial charge in [-0.25, -0.2) is 0 Å². The molecule has 1 aromatic carbocycles. The Hall–Kier alpha value is -1.33. The first-order valence-corrected chi connectivity index (χ1v) is 6.89. The van der Waals surface area contributed by atoms with Crippen molar-refractivity contribution in [2.75, 3.05) is 0 Å². The van der Waals surface area contributed by atoms with Crippen LogP contribution in [0.2, 0.25) is 5.02 Å². The molecule has 6 heteroatoms. The molecule has 0 bridgehead atoms. The fourth-order valence-electron chi connectivity index (χ4n) is 1.83. The van der Waals surface area contributed by atoms with Gasteiger partial charge in [0.2, 0.25) is 0 Å². The van der Waals surface area contributed by atoms with Crippen molar-refractivity contribution in [3.8, 4) is 0 Å². The van der Waals surface area contributed by atoms with E-state index in [0.717, 1.165) is 21.4 Å². The third kappa shape index (κ3) is 2.82. The van der Waals surface area contributed by atoms with E-state index < -0.39 is 0 Å². The van der Waals surface area contributed by atoms with Gasteiger partial charge in [0.15, 0.2) is 0 Å². The zero-order valence-electron chi connectivity index (χ0n) is 10.7. The van der Waals surface area contributed by atoms with Crippen molar-refractivity contribution in [2.24, 2.45) is 5.73 Å². The smallest absolute Gasteiger partial charge is 0.122 e. The first-order chi connectivity index (χ1) is 8.90. The van der Waals surface area contributed by atoms with Gasteiger partial charge in [0.25, 0.3) is 0 Å². The van der Waals surface area contributed by atoms with E-state index in [-0.39, 0.29) is 5.84 Å². The maximum Gasteiger partial charge on any atom is 0.122 e. The van der Waals surface area contributed by atoms with Gasteiger partial charge in [-0.1, -0.05) is 23.7 Å². The first-order valence-electron chi connectivity index (χ1n) is 5.72. The van der Waals surface area contributed by atoms with Crippen molar-refractivity contribution >= 4 is 33.4 Å². The molecule has 19 heavy (non-hydrogen) atoms. The summed E-state index contributed by atoms with van der Waals surface area (Å²) in [6.07, 6.45) is 0. The van der Waals surface area contributed by atoms with Crippen molar-refractivity contribution in [2.45, 2.75) is 20.4 Å². The van der Waals surface area contributed by atoms with Crippen LogP contribution in [0.4, 0.5) is 0 Å². The van der Waals surface area contributed by atoms with Gasteiger partial charge < -0.3 is 5.73 Å². The largest absolute Gasteiger partial charge is 0.384 e. The van der Waals surface area contributed by atoms with Crippen molar-refractivity contribution in [1.29, 1.82) is 5.41 Å². The number of hydrogen-bond acceptors (Lipinski definition) is 2. The van der Waals surface area contributed by atoms with Crippen LogP contribution >= 0.6 is 27.5 Å². The Kier molecular flexibility index (Phi) is 3.96. The molecule has 2 rings (SSSR count). The van der Waals surface area contributed by atoms with Gasteiger partial charge in [0.05, 0.1) is 22.4 Å². The highest BCUT2D eigenvalue weighted by Crippen LogP contribution is 2.23. The summed E-state index contributed by atoms with van der Waals surface area (Å²) in [5.74, 6) is 0.0160. The van der Waals surface area contributed by atoms with Crippen LogP contribution in [0.5, 0.6) is 0 Å². The molecule has 100 valence electrons. The minimum Gasteiger partial charge on any atom is -0.384 e. The number of benzene rings is 1. The van der Waals surface area contributed by atoms with E-state index in [1.165, 1.54) is 0 Å². The van der Waals surface area contributed by atoms with Gasteiger partial charge in [-0.2, -0.15) is 5.10 Å². The summed E-state index contributed by atoms with van der Waals surface area (Å²) >= 11 is 9.72. The van der Waals surface area contributed by atoms with Crippen molar-refractivity contribution < 1.29 is 0 Å². The second kappa shape index (κ2) is 5.35. The summed E-state index contributed by atoms with van der Waals surface area (Å²) in [6.45, 7) is 4.55. The van der Waals surface area contributed by atoms with Gasteiger partial charge in [0, 0.05) is 10.6 Å². The van der Waals surface area contributed by atoms with Crippen molar-refractivity contribution in [3.63, 3.8) is 0 Å². The van der Waals surface area contributed by atoms with E-state index in [0.29, 0.717) is 17.1 Å². The molecule has 0 unspecified atom stereocenters. The number of amidine groups is 1. The van der Waals surface area contributed by atoms with E-state index >= 15 is 0 Å². The lowest BCUT2D eigenvalue weighted by Gasteiger charge is -2.08. The summed E-state index contributed by atoms with van der Waals surface area (Å²) in [5.41, 5.74) is 9.02. The molecule has 2 aromatic rings. The van der Waals surface area contributed by atoms with E-state index in [2.05, 4.69) is 21.0 Å². The lowest BCUT2D eigenvalue weighted by Crippen LogP contribution is -2.11. The number of aryl methyl sites for hydroxylation is 1. The standard InChI is InChI=1S/C13H14BrClN4/c1-7-12(14)8(2)19(18-7)6-10-4-3-9(13(16)17)5-11(10)15/h3-5H,6H2,1-2H3,(H3,16,17). The zero-order chi connectivity index (χ0) is 14.2. The highest BCUT2D eigenvalue weighted by atomic mass is 79.9. The molecule has 1 aromatic heterocycles. The van der Waals surface area contributed by atoms with Gasteiger partial charge in [-0.05, 0) is 41.4 Å². The molecule has 0 radical (unpaired) electrons. The number of aromatic nitrogens is 2. The van der Waals surface area contributed by atoms with E-state index in [1.807, 2.05) is 24.6 Å². The fraction of sp³-hybridized carbons (Fsp3) is 0.231. The van der Waals surface area contributed by atoms with Gasteiger partial charge in [-0.3, -0.25) is 10.1 Å². The highest BCUT2D eigenvalue weighted by Gasteiger charge is 2.11. The van der Waals surface area contributed by atoms with Crippen LogP contribution in [0.15, 0.2) is 22.7 Å². The molecular weight excluding hydrogens is 328 g/mol. The minimum absolute atomic E-state index is 0.0160. The molecule has 0 spiro atoms. The lowest BCUT2D eigenvalue weighted by atomic mass is 10.1. The molecule has 0 saturated carbocycles. The van der Waals surface area contributed by atoms with E-state index in [9.17, 15) is 0 Å². The summed E-state index contributed by atoms with van der Waals surface area (Å²) in [7, 11) is 0. The Morgan fingerprint density at radius 3 is 2.63 bits per heavy atom. The van der Waals surface area contributed by atoms with Crippen LogP contribution in [-0.2, 0) is 6.54 Å². The number of hydrogen-bond donors (Lipinski definition) is 2. The number of rotatable bonds is 3. The molecule has 0 saturated heterocycles. The number of nitrogens with zero attached hydrogens (tertiary/aromatic N) is 2. The molecule has 0 fully saturated rings. The number of halogens is 2. The van der Waals surface area contributed by atoms with Gasteiger partial charge in [0.1, 0.15) is 5.84 Å². The zero-order valence-corrected chi connectivity index (χ0v) is 13.0. The average Bonchev–Trinajstić information content (AvgIpc) is 2.59. The second-order valence-electron chi connectivity index (χ2n) is 4.36. The Morgan fingerprint density at radius 2 is 2.16 bits per heavy atom. The van der Waals surface area contributed by atoms with E-state index in [1.54, 1.807) is 12.1 Å². The van der Waals surface area contributed by atoms with Crippen molar-refractivity contribution in [3.05, 3.63) is 50.2 Å². The molecule has 1 heterocycles. The Bertz CT molecular complexity index is 648. The third-order valence-corrected chi connectivity index (χ3v) is 4.48. The molecule has 0 aliphatic carbocycles. The topological polar surface area (TPSA) is 67.7 Å². The van der Waals surface area contributed by atoms with E-state index in [4.69, 9.17) is 22.7 Å². The van der Waals surface area contributed by atoms with Crippen LogP contribution in [0.3, 0.4) is 0 Å². The Balaban J connectivity index is 2.33. The number of nitrogen functional groups attached to an aromatic ring is 1. The monoisotopic (exact) mass is 340 g/mol. The second-order valence-corrected chi connectivity index (χ2v) is 5.56. The quantitative estimate of drug-likeness (QED) is 0.664.